The van der Waals surface area contributed by atoms with Crippen molar-refractivity contribution >= 4 is 6.03 Å². The monoisotopic (exact) mass is 362 g/mol. The minimum Gasteiger partial charge on any atom is -0.497 e. The number of nitrogens with zero attached hydrogens (tertiary/aromatic N) is 2. The summed E-state index contributed by atoms with van der Waals surface area (Å²) in [6, 6.07) is 7.79. The van der Waals surface area contributed by atoms with Crippen molar-refractivity contribution in [3.8, 4) is 5.75 Å². The lowest BCUT2D eigenvalue weighted by Crippen LogP contribution is -2.44. The maximum atomic E-state index is 12.1. The molecule has 1 aromatic carbocycles. The number of ether oxygens (including phenoxy) is 1. The van der Waals surface area contributed by atoms with Gasteiger partial charge in [-0.2, -0.15) is 0 Å². The van der Waals surface area contributed by atoms with Crippen molar-refractivity contribution in [3.63, 3.8) is 0 Å². The van der Waals surface area contributed by atoms with Gasteiger partial charge in [-0.3, -0.25) is 0 Å². The molecule has 146 valence electrons. The average Bonchev–Trinajstić information content (AvgIpc) is 2.67. The fraction of sp³-hybridized carbons (Fsp3) is 0.650. The number of carbonyl (C=O) groups is 1. The molecule has 1 atom stereocenters. The topological polar surface area (TPSA) is 56.8 Å². The van der Waals surface area contributed by atoms with Gasteiger partial charge in [0.2, 0.25) is 0 Å². The highest BCUT2D eigenvalue weighted by Crippen LogP contribution is 2.19. The molecule has 2 N–H and O–H groups in total. The Morgan fingerprint density at radius 3 is 2.46 bits per heavy atom. The van der Waals surface area contributed by atoms with Crippen LogP contribution in [0, 0.1) is 0 Å². The van der Waals surface area contributed by atoms with Crippen LogP contribution in [0.1, 0.15) is 37.8 Å². The lowest BCUT2D eigenvalue weighted by atomic mass is 10.0. The number of nitrogens with one attached hydrogen (secondary N) is 2. The van der Waals surface area contributed by atoms with Gasteiger partial charge in [-0.05, 0) is 50.6 Å². The first-order valence-corrected chi connectivity index (χ1v) is 9.71. The summed E-state index contributed by atoms with van der Waals surface area (Å²) in [5, 5.41) is 6.04. The highest BCUT2D eigenvalue weighted by molar-refractivity contribution is 5.74. The molecule has 1 saturated heterocycles. The summed E-state index contributed by atoms with van der Waals surface area (Å²) in [6.07, 6.45) is 2.99. The molecule has 1 unspecified atom stereocenters. The molecule has 0 aliphatic carbocycles. The first kappa shape index (κ1) is 20.5. The quantitative estimate of drug-likeness (QED) is 0.663. The second-order valence-corrected chi connectivity index (χ2v) is 6.99. The van der Waals surface area contributed by atoms with Gasteiger partial charge >= 0.3 is 6.03 Å². The zero-order chi connectivity index (χ0) is 18.8. The number of rotatable bonds is 9. The van der Waals surface area contributed by atoms with Crippen LogP contribution in [0.4, 0.5) is 4.79 Å². The number of unbranched alkanes of at least 4 members (excludes halogenated alkanes) is 1. The lowest BCUT2D eigenvalue weighted by Gasteiger charge is -2.32. The first-order chi connectivity index (χ1) is 12.6. The Kier molecular flexibility index (Phi) is 8.71. The lowest BCUT2D eigenvalue weighted by molar-refractivity contribution is 0.152. The van der Waals surface area contributed by atoms with E-state index in [2.05, 4.69) is 34.4 Å². The van der Waals surface area contributed by atoms with Crippen LogP contribution in [0.3, 0.4) is 0 Å². The van der Waals surface area contributed by atoms with Crippen molar-refractivity contribution in [1.29, 1.82) is 0 Å². The van der Waals surface area contributed by atoms with E-state index in [-0.39, 0.29) is 12.1 Å². The minimum atomic E-state index is -0.0905. The normalized spacial score (nSPS) is 16.9. The second-order valence-electron chi connectivity index (χ2n) is 6.99. The van der Waals surface area contributed by atoms with Gasteiger partial charge in [0.25, 0.3) is 0 Å². The van der Waals surface area contributed by atoms with E-state index in [9.17, 15) is 4.79 Å². The summed E-state index contributed by atoms with van der Waals surface area (Å²) < 4.78 is 5.18. The summed E-state index contributed by atoms with van der Waals surface area (Å²) in [4.78, 5) is 17.0. The highest BCUT2D eigenvalue weighted by atomic mass is 16.5. The number of carbonyl (C=O) groups excluding carboxylic acids is 1. The SMILES string of the molecule is CCC(NC(=O)NCCCCN1CCN(C)CC1)c1ccc(OC)cc1. The van der Waals surface area contributed by atoms with E-state index in [0.29, 0.717) is 0 Å². The molecule has 1 fully saturated rings. The van der Waals surface area contributed by atoms with Gasteiger partial charge in [0.1, 0.15) is 5.75 Å². The zero-order valence-electron chi connectivity index (χ0n) is 16.5. The average molecular weight is 363 g/mol. The van der Waals surface area contributed by atoms with Crippen LogP contribution < -0.4 is 15.4 Å². The molecule has 0 aromatic heterocycles. The molecule has 1 aromatic rings. The Balaban J connectivity index is 1.62. The molecule has 0 spiro atoms. The van der Waals surface area contributed by atoms with E-state index in [1.807, 2.05) is 24.3 Å². The number of likely N-dealkylation sites (N-methyl/N-ethyl adjacent to an activating group) is 1. The third kappa shape index (κ3) is 6.84. The van der Waals surface area contributed by atoms with Gasteiger partial charge in [-0.1, -0.05) is 19.1 Å². The molecular weight excluding hydrogens is 328 g/mol. The molecule has 2 amide bonds. The smallest absolute Gasteiger partial charge is 0.315 e. The predicted octanol–water partition coefficient (Wildman–Crippen LogP) is 2.47. The van der Waals surface area contributed by atoms with Crippen LogP contribution in [0.5, 0.6) is 5.75 Å². The van der Waals surface area contributed by atoms with Crippen molar-refractivity contribution < 1.29 is 9.53 Å². The van der Waals surface area contributed by atoms with E-state index in [0.717, 1.165) is 69.8 Å². The number of amides is 2. The van der Waals surface area contributed by atoms with Crippen molar-refractivity contribution in [2.75, 3.05) is 53.4 Å². The fourth-order valence-electron chi connectivity index (χ4n) is 3.20. The van der Waals surface area contributed by atoms with Gasteiger partial charge in [0.05, 0.1) is 13.2 Å². The molecule has 6 nitrogen and oxygen atoms in total. The number of hydrogen-bond acceptors (Lipinski definition) is 4. The Hall–Kier alpha value is -1.79. The van der Waals surface area contributed by atoms with Crippen LogP contribution >= 0.6 is 0 Å². The van der Waals surface area contributed by atoms with Crippen LogP contribution in [0.2, 0.25) is 0 Å². The third-order valence-electron chi connectivity index (χ3n) is 5.01. The van der Waals surface area contributed by atoms with Gasteiger partial charge in [-0.15, -0.1) is 0 Å². The second kappa shape index (κ2) is 11.0. The van der Waals surface area contributed by atoms with Crippen molar-refractivity contribution in [1.82, 2.24) is 20.4 Å². The number of methoxy groups -OCH3 is 1. The summed E-state index contributed by atoms with van der Waals surface area (Å²) in [6.45, 7) is 8.55. The van der Waals surface area contributed by atoms with Gasteiger partial charge < -0.3 is 25.2 Å². The minimum absolute atomic E-state index is 0.0197. The molecule has 26 heavy (non-hydrogen) atoms. The largest absolute Gasteiger partial charge is 0.497 e. The highest BCUT2D eigenvalue weighted by Gasteiger charge is 2.14. The molecule has 0 radical (unpaired) electrons. The van der Waals surface area contributed by atoms with Crippen molar-refractivity contribution in [3.05, 3.63) is 29.8 Å². The fourth-order valence-corrected chi connectivity index (χ4v) is 3.20. The Labute approximate surface area is 157 Å². The Morgan fingerprint density at radius 2 is 1.85 bits per heavy atom. The van der Waals surface area contributed by atoms with E-state index in [4.69, 9.17) is 4.74 Å². The van der Waals surface area contributed by atoms with Crippen LogP contribution in [0.15, 0.2) is 24.3 Å². The van der Waals surface area contributed by atoms with E-state index in [1.165, 1.54) is 0 Å². The summed E-state index contributed by atoms with van der Waals surface area (Å²) in [5.41, 5.74) is 1.10. The van der Waals surface area contributed by atoms with Gasteiger partial charge in [0.15, 0.2) is 0 Å². The summed E-state index contributed by atoms with van der Waals surface area (Å²) in [5.74, 6) is 0.827. The maximum absolute atomic E-state index is 12.1. The molecule has 0 saturated carbocycles. The van der Waals surface area contributed by atoms with Crippen LogP contribution in [0.25, 0.3) is 0 Å². The van der Waals surface area contributed by atoms with Crippen molar-refractivity contribution in [2.24, 2.45) is 0 Å². The number of hydrogen-bond donors (Lipinski definition) is 2. The maximum Gasteiger partial charge on any atom is 0.315 e. The molecule has 1 aliphatic heterocycles. The van der Waals surface area contributed by atoms with Crippen molar-refractivity contribution in [2.45, 2.75) is 32.2 Å². The molecule has 1 aliphatic rings. The first-order valence-electron chi connectivity index (χ1n) is 9.71. The number of piperazine rings is 1. The molecular formula is C20H34N4O2. The Morgan fingerprint density at radius 1 is 1.15 bits per heavy atom. The van der Waals surface area contributed by atoms with Crippen LogP contribution in [-0.4, -0.2) is 69.3 Å². The predicted molar refractivity (Wildman–Crippen MR) is 106 cm³/mol. The van der Waals surface area contributed by atoms with Gasteiger partial charge in [0, 0.05) is 32.7 Å². The van der Waals surface area contributed by atoms with Gasteiger partial charge in [-0.25, -0.2) is 4.79 Å². The van der Waals surface area contributed by atoms with E-state index >= 15 is 0 Å². The molecule has 0 bridgehead atoms. The van der Waals surface area contributed by atoms with E-state index in [1.54, 1.807) is 7.11 Å². The molecule has 1 heterocycles. The van der Waals surface area contributed by atoms with E-state index < -0.39 is 0 Å². The standard InChI is InChI=1S/C20H34N4O2/c1-4-19(17-7-9-18(26-3)10-8-17)22-20(25)21-11-5-6-12-24-15-13-23(2)14-16-24/h7-10,19H,4-6,11-16H2,1-3H3,(H2,21,22,25). The number of benzene rings is 1. The molecule has 6 heteroatoms. The summed E-state index contributed by atoms with van der Waals surface area (Å²) >= 11 is 0. The summed E-state index contributed by atoms with van der Waals surface area (Å²) in [7, 11) is 3.83. The van der Waals surface area contributed by atoms with Crippen LogP contribution in [-0.2, 0) is 0 Å². The Bertz CT molecular complexity index is 527. The zero-order valence-corrected chi connectivity index (χ0v) is 16.5. The number of urea groups is 1. The molecule has 2 rings (SSSR count). The third-order valence-corrected chi connectivity index (χ3v) is 5.01.